The van der Waals surface area contributed by atoms with Crippen molar-refractivity contribution in [2.75, 3.05) is 7.11 Å². The fourth-order valence-corrected chi connectivity index (χ4v) is 3.05. The molecule has 0 saturated carbocycles. The summed E-state index contributed by atoms with van der Waals surface area (Å²) in [7, 11) is 1.56. The Labute approximate surface area is 153 Å². The number of halogens is 1. The molecule has 1 atom stereocenters. The third-order valence-electron chi connectivity index (χ3n) is 3.82. The SMILES string of the molecule is COc1cc(C2(C=C3C(=O)OC(C)(C)OC3=O)C=CC=N2)ccc1Br. The number of hydrogen-bond donors (Lipinski definition) is 0. The van der Waals surface area contributed by atoms with E-state index in [4.69, 9.17) is 14.2 Å². The summed E-state index contributed by atoms with van der Waals surface area (Å²) in [5.74, 6) is -2.14. The lowest BCUT2D eigenvalue weighted by Crippen LogP contribution is -2.42. The van der Waals surface area contributed by atoms with E-state index in [2.05, 4.69) is 20.9 Å². The molecule has 6 nitrogen and oxygen atoms in total. The summed E-state index contributed by atoms with van der Waals surface area (Å²) in [6.45, 7) is 3.01. The number of carbonyl (C=O) groups excluding carboxylic acids is 2. The zero-order valence-corrected chi connectivity index (χ0v) is 15.5. The molecule has 0 bridgehead atoms. The minimum atomic E-state index is -1.28. The zero-order valence-electron chi connectivity index (χ0n) is 13.9. The second kappa shape index (κ2) is 6.15. The van der Waals surface area contributed by atoms with Gasteiger partial charge < -0.3 is 14.2 Å². The van der Waals surface area contributed by atoms with Gasteiger partial charge in [0.15, 0.2) is 0 Å². The molecule has 2 aliphatic rings. The van der Waals surface area contributed by atoms with Gasteiger partial charge in [-0.05, 0) is 51.9 Å². The van der Waals surface area contributed by atoms with E-state index < -0.39 is 23.3 Å². The number of cyclic esters (lactones) is 2. The average molecular weight is 406 g/mol. The van der Waals surface area contributed by atoms with Gasteiger partial charge in [-0.25, -0.2) is 9.59 Å². The Morgan fingerprint density at radius 2 is 1.88 bits per heavy atom. The summed E-state index contributed by atoms with van der Waals surface area (Å²) < 4.78 is 16.4. The predicted molar refractivity (Wildman–Crippen MR) is 94.4 cm³/mol. The molecule has 0 aromatic heterocycles. The van der Waals surface area contributed by atoms with Crippen LogP contribution in [0.5, 0.6) is 5.75 Å². The van der Waals surface area contributed by atoms with Gasteiger partial charge in [0.05, 0.1) is 11.6 Å². The van der Waals surface area contributed by atoms with Crippen molar-refractivity contribution in [3.8, 4) is 5.75 Å². The molecular weight excluding hydrogens is 390 g/mol. The lowest BCUT2D eigenvalue weighted by atomic mass is 9.88. The van der Waals surface area contributed by atoms with Gasteiger partial charge in [-0.2, -0.15) is 0 Å². The maximum absolute atomic E-state index is 12.3. The molecule has 0 spiro atoms. The zero-order chi connectivity index (χ0) is 18.2. The number of allylic oxidation sites excluding steroid dienone is 1. The van der Waals surface area contributed by atoms with Crippen molar-refractivity contribution >= 4 is 34.1 Å². The fourth-order valence-electron chi connectivity index (χ4n) is 2.65. The van der Waals surface area contributed by atoms with Crippen LogP contribution in [0, 0.1) is 0 Å². The molecule has 25 heavy (non-hydrogen) atoms. The van der Waals surface area contributed by atoms with Crippen molar-refractivity contribution in [3.05, 3.63) is 52.0 Å². The summed E-state index contributed by atoms with van der Waals surface area (Å²) in [6, 6.07) is 5.44. The molecular formula is C18H16BrNO5. The van der Waals surface area contributed by atoms with Gasteiger partial charge in [0.25, 0.3) is 5.79 Å². The van der Waals surface area contributed by atoms with Crippen LogP contribution in [-0.2, 0) is 24.6 Å². The van der Waals surface area contributed by atoms with Crippen molar-refractivity contribution in [3.63, 3.8) is 0 Å². The van der Waals surface area contributed by atoms with Crippen LogP contribution in [0.2, 0.25) is 0 Å². The average Bonchev–Trinajstić information content (AvgIpc) is 3.00. The van der Waals surface area contributed by atoms with Crippen molar-refractivity contribution < 1.29 is 23.8 Å². The van der Waals surface area contributed by atoms with Crippen LogP contribution in [-0.4, -0.2) is 31.1 Å². The number of nitrogens with zero attached hydrogens (tertiary/aromatic N) is 1. The highest BCUT2D eigenvalue weighted by atomic mass is 79.9. The lowest BCUT2D eigenvalue weighted by Gasteiger charge is -2.31. The van der Waals surface area contributed by atoms with Crippen LogP contribution < -0.4 is 4.74 Å². The normalized spacial score (nSPS) is 24.1. The molecule has 0 aliphatic carbocycles. The minimum absolute atomic E-state index is 0.190. The van der Waals surface area contributed by atoms with Crippen molar-refractivity contribution in [2.24, 2.45) is 4.99 Å². The van der Waals surface area contributed by atoms with Gasteiger partial charge in [0, 0.05) is 20.1 Å². The topological polar surface area (TPSA) is 74.2 Å². The second-order valence-electron chi connectivity index (χ2n) is 6.05. The van der Waals surface area contributed by atoms with E-state index in [9.17, 15) is 9.59 Å². The van der Waals surface area contributed by atoms with Gasteiger partial charge in [0.1, 0.15) is 16.9 Å². The Balaban J connectivity index is 2.08. The first-order valence-electron chi connectivity index (χ1n) is 7.53. The monoisotopic (exact) mass is 405 g/mol. The van der Waals surface area contributed by atoms with Gasteiger partial charge >= 0.3 is 11.9 Å². The van der Waals surface area contributed by atoms with Gasteiger partial charge in [-0.15, -0.1) is 0 Å². The first-order valence-corrected chi connectivity index (χ1v) is 8.32. The predicted octanol–water partition coefficient (Wildman–Crippen LogP) is 3.06. The van der Waals surface area contributed by atoms with E-state index in [1.807, 2.05) is 12.1 Å². The van der Waals surface area contributed by atoms with Gasteiger partial charge in [0.2, 0.25) is 0 Å². The van der Waals surface area contributed by atoms with E-state index >= 15 is 0 Å². The Kier molecular flexibility index (Phi) is 4.28. The summed E-state index contributed by atoms with van der Waals surface area (Å²) >= 11 is 3.40. The maximum Gasteiger partial charge on any atom is 0.348 e. The number of aliphatic imine (C=N–C) groups is 1. The summed E-state index contributed by atoms with van der Waals surface area (Å²) in [5, 5.41) is 0. The maximum atomic E-state index is 12.3. The molecule has 1 aromatic rings. The number of esters is 2. The summed E-state index contributed by atoms with van der Waals surface area (Å²) in [5.41, 5.74) is -0.469. The third kappa shape index (κ3) is 3.24. The standard InChI is InChI=1S/C18H16BrNO5/c1-17(2)24-15(21)12(16(22)25-17)10-18(7-4-8-20-18)11-5-6-13(19)14(9-11)23-3/h4-10H,1-3H3. The molecule has 0 N–H and O–H groups in total. The van der Waals surface area contributed by atoms with Gasteiger partial charge in [-0.1, -0.05) is 6.07 Å². The lowest BCUT2D eigenvalue weighted by molar-refractivity contribution is -0.222. The number of benzene rings is 1. The first kappa shape index (κ1) is 17.4. The quantitative estimate of drug-likeness (QED) is 0.438. The van der Waals surface area contributed by atoms with Crippen LogP contribution in [0.15, 0.2) is 51.5 Å². The fraction of sp³-hybridized carbons (Fsp3) is 0.278. The van der Waals surface area contributed by atoms with E-state index in [0.717, 1.165) is 10.0 Å². The molecule has 0 amide bonds. The van der Waals surface area contributed by atoms with E-state index in [1.54, 1.807) is 31.5 Å². The molecule has 1 saturated heterocycles. The Hall–Kier alpha value is -2.41. The largest absolute Gasteiger partial charge is 0.496 e. The van der Waals surface area contributed by atoms with Crippen molar-refractivity contribution in [1.82, 2.24) is 0 Å². The minimum Gasteiger partial charge on any atom is -0.496 e. The number of ether oxygens (including phenoxy) is 3. The molecule has 0 radical (unpaired) electrons. The highest BCUT2D eigenvalue weighted by molar-refractivity contribution is 9.10. The molecule has 3 rings (SSSR count). The number of carbonyl (C=O) groups is 2. The second-order valence-corrected chi connectivity index (χ2v) is 6.90. The highest BCUT2D eigenvalue weighted by Crippen LogP contribution is 2.38. The molecule has 2 aliphatic heterocycles. The van der Waals surface area contributed by atoms with E-state index in [-0.39, 0.29) is 5.57 Å². The summed E-state index contributed by atoms with van der Waals surface area (Å²) in [4.78, 5) is 29.0. The molecule has 1 fully saturated rings. The van der Waals surface area contributed by atoms with E-state index in [1.165, 1.54) is 19.9 Å². The molecule has 130 valence electrons. The third-order valence-corrected chi connectivity index (χ3v) is 4.47. The summed E-state index contributed by atoms with van der Waals surface area (Å²) in [6.07, 6.45) is 6.59. The van der Waals surface area contributed by atoms with Gasteiger partial charge in [-0.3, -0.25) is 4.99 Å². The van der Waals surface area contributed by atoms with Crippen LogP contribution >= 0.6 is 15.9 Å². The molecule has 1 aromatic carbocycles. The Morgan fingerprint density at radius 1 is 1.20 bits per heavy atom. The number of methoxy groups -OCH3 is 1. The molecule has 2 heterocycles. The van der Waals surface area contributed by atoms with E-state index in [0.29, 0.717) is 5.75 Å². The Morgan fingerprint density at radius 3 is 2.44 bits per heavy atom. The van der Waals surface area contributed by atoms with Crippen LogP contribution in [0.25, 0.3) is 0 Å². The Bertz CT molecular complexity index is 804. The highest BCUT2D eigenvalue weighted by Gasteiger charge is 2.41. The molecule has 1 unspecified atom stereocenters. The van der Waals surface area contributed by atoms with Crippen molar-refractivity contribution in [2.45, 2.75) is 25.2 Å². The van der Waals surface area contributed by atoms with Crippen LogP contribution in [0.4, 0.5) is 0 Å². The number of hydrogen-bond acceptors (Lipinski definition) is 6. The first-order chi connectivity index (χ1) is 11.8. The van der Waals surface area contributed by atoms with Crippen molar-refractivity contribution in [1.29, 1.82) is 0 Å². The van der Waals surface area contributed by atoms with Crippen LogP contribution in [0.3, 0.4) is 0 Å². The smallest absolute Gasteiger partial charge is 0.348 e. The molecule has 7 heteroatoms. The number of rotatable bonds is 3. The van der Waals surface area contributed by atoms with Crippen LogP contribution in [0.1, 0.15) is 19.4 Å².